The van der Waals surface area contributed by atoms with E-state index in [0.717, 1.165) is 41.2 Å². The van der Waals surface area contributed by atoms with Crippen LogP contribution in [0.2, 0.25) is 5.02 Å². The second-order valence-corrected chi connectivity index (χ2v) is 6.73. The van der Waals surface area contributed by atoms with Crippen molar-refractivity contribution in [1.82, 2.24) is 0 Å². The molecule has 1 heterocycles. The van der Waals surface area contributed by atoms with Gasteiger partial charge in [0.1, 0.15) is 5.75 Å². The SMILES string of the molecule is NC(c1cc(Cl)cc2c1OCC2)C1C2CCCCC21. The summed E-state index contributed by atoms with van der Waals surface area (Å²) >= 11 is 6.24. The van der Waals surface area contributed by atoms with E-state index in [0.29, 0.717) is 5.92 Å². The van der Waals surface area contributed by atoms with Crippen molar-refractivity contribution in [3.05, 3.63) is 28.3 Å². The third-order valence-corrected chi connectivity index (χ3v) is 5.49. The Morgan fingerprint density at radius 1 is 1.21 bits per heavy atom. The number of benzene rings is 1. The molecule has 3 heteroatoms. The summed E-state index contributed by atoms with van der Waals surface area (Å²) in [6, 6.07) is 4.17. The monoisotopic (exact) mass is 277 g/mol. The van der Waals surface area contributed by atoms with E-state index in [4.69, 9.17) is 22.1 Å². The second kappa shape index (κ2) is 4.39. The van der Waals surface area contributed by atoms with Crippen molar-refractivity contribution in [1.29, 1.82) is 0 Å². The molecule has 0 amide bonds. The standard InChI is InChI=1S/C16H20ClNO/c17-10-7-9-5-6-19-16(9)13(8-10)15(18)14-11-3-1-2-4-12(11)14/h7-8,11-12,14-15H,1-6,18H2. The first-order valence-electron chi connectivity index (χ1n) is 7.46. The van der Waals surface area contributed by atoms with Crippen LogP contribution in [0.5, 0.6) is 5.75 Å². The zero-order valence-electron chi connectivity index (χ0n) is 11.1. The highest BCUT2D eigenvalue weighted by atomic mass is 35.5. The van der Waals surface area contributed by atoms with Gasteiger partial charge in [-0.1, -0.05) is 24.4 Å². The number of hydrogen-bond acceptors (Lipinski definition) is 2. The largest absolute Gasteiger partial charge is 0.493 e. The summed E-state index contributed by atoms with van der Waals surface area (Å²) in [5.41, 5.74) is 8.95. The fourth-order valence-corrected chi connectivity index (χ4v) is 4.58. The quantitative estimate of drug-likeness (QED) is 0.894. The average Bonchev–Trinajstić information content (AvgIpc) is 2.96. The number of rotatable bonds is 2. The topological polar surface area (TPSA) is 35.2 Å². The van der Waals surface area contributed by atoms with Crippen LogP contribution in [0, 0.1) is 17.8 Å². The Hall–Kier alpha value is -0.730. The van der Waals surface area contributed by atoms with E-state index in [-0.39, 0.29) is 6.04 Å². The lowest BCUT2D eigenvalue weighted by Crippen LogP contribution is -2.15. The van der Waals surface area contributed by atoms with Gasteiger partial charge in [0.2, 0.25) is 0 Å². The van der Waals surface area contributed by atoms with Crippen molar-refractivity contribution >= 4 is 11.6 Å². The highest BCUT2D eigenvalue weighted by Crippen LogP contribution is 2.60. The van der Waals surface area contributed by atoms with Gasteiger partial charge in [0.05, 0.1) is 6.61 Å². The molecular weight excluding hydrogens is 258 g/mol. The average molecular weight is 278 g/mol. The molecular formula is C16H20ClNO. The van der Waals surface area contributed by atoms with Crippen LogP contribution in [0.25, 0.3) is 0 Å². The highest BCUT2D eigenvalue weighted by Gasteiger charge is 2.54. The fraction of sp³-hybridized carbons (Fsp3) is 0.625. The zero-order chi connectivity index (χ0) is 13.0. The van der Waals surface area contributed by atoms with E-state index in [2.05, 4.69) is 0 Å². The Balaban J connectivity index is 1.66. The first-order valence-corrected chi connectivity index (χ1v) is 7.84. The molecule has 4 rings (SSSR count). The van der Waals surface area contributed by atoms with E-state index in [9.17, 15) is 0 Å². The Morgan fingerprint density at radius 2 is 1.95 bits per heavy atom. The zero-order valence-corrected chi connectivity index (χ0v) is 11.8. The highest BCUT2D eigenvalue weighted by molar-refractivity contribution is 6.30. The van der Waals surface area contributed by atoms with Gasteiger partial charge in [-0.15, -0.1) is 0 Å². The molecule has 1 aliphatic heterocycles. The molecule has 0 radical (unpaired) electrons. The molecule has 2 nitrogen and oxygen atoms in total. The second-order valence-electron chi connectivity index (χ2n) is 6.30. The molecule has 2 aliphatic carbocycles. The summed E-state index contributed by atoms with van der Waals surface area (Å²) in [6.45, 7) is 0.771. The maximum Gasteiger partial charge on any atom is 0.127 e. The molecule has 19 heavy (non-hydrogen) atoms. The maximum absolute atomic E-state index is 6.56. The first-order chi connectivity index (χ1) is 9.25. The van der Waals surface area contributed by atoms with Crippen LogP contribution in [0.4, 0.5) is 0 Å². The van der Waals surface area contributed by atoms with Gasteiger partial charge in [-0.3, -0.25) is 0 Å². The minimum absolute atomic E-state index is 0.110. The summed E-state index contributed by atoms with van der Waals surface area (Å²) in [5.74, 6) is 3.41. The lowest BCUT2D eigenvalue weighted by molar-refractivity contribution is 0.349. The van der Waals surface area contributed by atoms with Crippen LogP contribution in [0.3, 0.4) is 0 Å². The van der Waals surface area contributed by atoms with Crippen LogP contribution in [0.15, 0.2) is 12.1 Å². The summed E-state index contributed by atoms with van der Waals surface area (Å²) in [5, 5.41) is 0.804. The third kappa shape index (κ3) is 1.88. The molecule has 2 fully saturated rings. The molecule has 0 spiro atoms. The normalized spacial score (nSPS) is 33.3. The Labute approximate surface area is 119 Å². The van der Waals surface area contributed by atoms with Gasteiger partial charge in [-0.2, -0.15) is 0 Å². The lowest BCUT2D eigenvalue weighted by Gasteiger charge is -2.16. The van der Waals surface area contributed by atoms with Crippen molar-refractivity contribution in [2.24, 2.45) is 23.5 Å². The molecule has 1 aromatic carbocycles. The maximum atomic E-state index is 6.56. The minimum atomic E-state index is 0.110. The molecule has 2 N–H and O–H groups in total. The van der Waals surface area contributed by atoms with Gasteiger partial charge >= 0.3 is 0 Å². The van der Waals surface area contributed by atoms with Crippen LogP contribution in [0.1, 0.15) is 42.9 Å². The number of nitrogens with two attached hydrogens (primary N) is 1. The van der Waals surface area contributed by atoms with Gasteiger partial charge < -0.3 is 10.5 Å². The molecule has 3 atom stereocenters. The lowest BCUT2D eigenvalue weighted by atomic mass is 9.97. The van der Waals surface area contributed by atoms with E-state index < -0.39 is 0 Å². The van der Waals surface area contributed by atoms with Crippen molar-refractivity contribution in [2.45, 2.75) is 38.1 Å². The molecule has 0 bridgehead atoms. The predicted octanol–water partition coefficient (Wildman–Crippen LogP) is 3.71. The van der Waals surface area contributed by atoms with E-state index in [1.54, 1.807) is 0 Å². The molecule has 0 aromatic heterocycles. The van der Waals surface area contributed by atoms with Crippen LogP contribution in [-0.4, -0.2) is 6.61 Å². The molecule has 0 saturated heterocycles. The number of fused-ring (bicyclic) bond motifs is 2. The van der Waals surface area contributed by atoms with Crippen LogP contribution in [-0.2, 0) is 6.42 Å². The minimum Gasteiger partial charge on any atom is -0.493 e. The van der Waals surface area contributed by atoms with Crippen molar-refractivity contribution < 1.29 is 4.74 Å². The van der Waals surface area contributed by atoms with E-state index in [1.807, 2.05) is 12.1 Å². The van der Waals surface area contributed by atoms with Gasteiger partial charge in [0.25, 0.3) is 0 Å². The first kappa shape index (κ1) is 12.0. The van der Waals surface area contributed by atoms with Crippen LogP contribution < -0.4 is 10.5 Å². The third-order valence-electron chi connectivity index (χ3n) is 5.27. The molecule has 1 aromatic rings. The summed E-state index contributed by atoms with van der Waals surface area (Å²) in [7, 11) is 0. The van der Waals surface area contributed by atoms with Crippen molar-refractivity contribution in [3.8, 4) is 5.75 Å². The Morgan fingerprint density at radius 3 is 2.68 bits per heavy atom. The number of halogens is 1. The fourth-order valence-electron chi connectivity index (χ4n) is 4.33. The smallest absolute Gasteiger partial charge is 0.127 e. The molecule has 2 saturated carbocycles. The molecule has 102 valence electrons. The van der Waals surface area contributed by atoms with Crippen molar-refractivity contribution in [2.75, 3.05) is 6.61 Å². The van der Waals surface area contributed by atoms with Gasteiger partial charge in [0.15, 0.2) is 0 Å². The molecule has 3 unspecified atom stereocenters. The Kier molecular flexibility index (Phi) is 2.78. The number of ether oxygens (including phenoxy) is 1. The van der Waals surface area contributed by atoms with E-state index >= 15 is 0 Å². The van der Waals surface area contributed by atoms with Gasteiger partial charge in [0, 0.05) is 23.0 Å². The molecule has 3 aliphatic rings. The Bertz CT molecular complexity index is 504. The van der Waals surface area contributed by atoms with Gasteiger partial charge in [-0.25, -0.2) is 0 Å². The van der Waals surface area contributed by atoms with E-state index in [1.165, 1.54) is 31.2 Å². The van der Waals surface area contributed by atoms with Crippen molar-refractivity contribution in [3.63, 3.8) is 0 Å². The predicted molar refractivity (Wildman–Crippen MR) is 76.5 cm³/mol. The summed E-state index contributed by atoms with van der Waals surface area (Å²) in [4.78, 5) is 0. The summed E-state index contributed by atoms with van der Waals surface area (Å²) < 4.78 is 5.80. The number of hydrogen-bond donors (Lipinski definition) is 1. The summed E-state index contributed by atoms with van der Waals surface area (Å²) in [6.07, 6.45) is 6.47. The van der Waals surface area contributed by atoms with Gasteiger partial charge in [-0.05, 0) is 48.3 Å². The van der Waals surface area contributed by atoms with Crippen LogP contribution >= 0.6 is 11.6 Å².